The SMILES string of the molecule is CCN1C(=O)C(=C2Sc3ccccc3N2C)SC1=Nc1ccc2ccccc2c1. The maximum Gasteiger partial charge on any atom is 0.269 e. The van der Waals surface area contributed by atoms with Crippen molar-refractivity contribution < 1.29 is 4.79 Å². The lowest BCUT2D eigenvalue weighted by molar-refractivity contribution is -0.122. The topological polar surface area (TPSA) is 35.9 Å². The summed E-state index contributed by atoms with van der Waals surface area (Å²) in [7, 11) is 2.02. The number of aliphatic imine (C=N–C) groups is 1. The van der Waals surface area contributed by atoms with Crippen LogP contribution >= 0.6 is 23.5 Å². The Bertz CT molecular complexity index is 1200. The average molecular weight is 418 g/mol. The van der Waals surface area contributed by atoms with Crippen molar-refractivity contribution in [2.45, 2.75) is 11.8 Å². The normalized spacial score (nSPS) is 20.2. The number of carbonyl (C=O) groups is 1. The number of benzene rings is 3. The molecule has 3 aromatic rings. The van der Waals surface area contributed by atoms with E-state index in [0.29, 0.717) is 6.54 Å². The quantitative estimate of drug-likeness (QED) is 0.491. The molecule has 29 heavy (non-hydrogen) atoms. The first-order chi connectivity index (χ1) is 14.2. The van der Waals surface area contributed by atoms with Gasteiger partial charge in [0.2, 0.25) is 0 Å². The molecule has 0 unspecified atom stereocenters. The van der Waals surface area contributed by atoms with E-state index in [0.717, 1.165) is 31.9 Å². The summed E-state index contributed by atoms with van der Waals surface area (Å²) in [6.45, 7) is 2.58. The Balaban J connectivity index is 1.54. The van der Waals surface area contributed by atoms with E-state index in [4.69, 9.17) is 4.99 Å². The molecule has 1 saturated heterocycles. The molecule has 2 aliphatic rings. The molecule has 5 rings (SSSR count). The van der Waals surface area contributed by atoms with Gasteiger partial charge in [-0.05, 0) is 53.7 Å². The summed E-state index contributed by atoms with van der Waals surface area (Å²) in [6, 6.07) is 22.6. The van der Waals surface area contributed by atoms with E-state index in [1.165, 1.54) is 22.0 Å². The molecule has 144 valence electrons. The van der Waals surface area contributed by atoms with Gasteiger partial charge in [-0.15, -0.1) is 0 Å². The molecule has 1 fully saturated rings. The first-order valence-electron chi connectivity index (χ1n) is 9.48. The monoisotopic (exact) mass is 417 g/mol. The lowest BCUT2D eigenvalue weighted by atomic mass is 10.1. The zero-order chi connectivity index (χ0) is 20.0. The number of carbonyl (C=O) groups excluding carboxylic acids is 1. The van der Waals surface area contributed by atoms with Crippen LogP contribution in [0.4, 0.5) is 11.4 Å². The third kappa shape index (κ3) is 3.12. The van der Waals surface area contributed by atoms with Gasteiger partial charge in [0.25, 0.3) is 5.91 Å². The van der Waals surface area contributed by atoms with Crippen LogP contribution in [0.3, 0.4) is 0 Å². The van der Waals surface area contributed by atoms with E-state index in [-0.39, 0.29) is 5.91 Å². The first kappa shape index (κ1) is 18.3. The van der Waals surface area contributed by atoms with Gasteiger partial charge in [0.15, 0.2) is 5.17 Å². The first-order valence-corrected chi connectivity index (χ1v) is 11.1. The predicted octanol–water partition coefficient (Wildman–Crippen LogP) is 5.83. The summed E-state index contributed by atoms with van der Waals surface area (Å²) in [6.07, 6.45) is 0. The van der Waals surface area contributed by atoms with Gasteiger partial charge < -0.3 is 4.90 Å². The van der Waals surface area contributed by atoms with Crippen molar-refractivity contribution in [2.75, 3.05) is 18.5 Å². The summed E-state index contributed by atoms with van der Waals surface area (Å²) in [5, 5.41) is 4.04. The van der Waals surface area contributed by atoms with Gasteiger partial charge in [0.1, 0.15) is 4.91 Å². The van der Waals surface area contributed by atoms with Gasteiger partial charge in [-0.3, -0.25) is 9.69 Å². The molecule has 6 heteroatoms. The molecule has 0 aliphatic carbocycles. The van der Waals surface area contributed by atoms with Crippen LogP contribution in [0.5, 0.6) is 0 Å². The summed E-state index contributed by atoms with van der Waals surface area (Å²) < 4.78 is 0. The van der Waals surface area contributed by atoms with Gasteiger partial charge in [0, 0.05) is 18.5 Å². The fraction of sp³-hybridized carbons (Fsp3) is 0.130. The van der Waals surface area contributed by atoms with Crippen LogP contribution in [0, 0.1) is 0 Å². The zero-order valence-corrected chi connectivity index (χ0v) is 17.8. The number of hydrogen-bond acceptors (Lipinski definition) is 5. The second-order valence-electron chi connectivity index (χ2n) is 6.84. The van der Waals surface area contributed by atoms with E-state index in [1.807, 2.05) is 44.3 Å². The lowest BCUT2D eigenvalue weighted by Gasteiger charge is -2.15. The Hall–Kier alpha value is -2.70. The van der Waals surface area contributed by atoms with E-state index in [1.54, 1.807) is 16.7 Å². The van der Waals surface area contributed by atoms with E-state index in [9.17, 15) is 4.79 Å². The molecule has 1 amide bonds. The Morgan fingerprint density at radius 2 is 1.69 bits per heavy atom. The van der Waals surface area contributed by atoms with Crippen LogP contribution in [0.25, 0.3) is 10.8 Å². The van der Waals surface area contributed by atoms with Crippen molar-refractivity contribution in [1.82, 2.24) is 4.90 Å². The molecule has 0 atom stereocenters. The minimum atomic E-state index is 0.0270. The highest BCUT2D eigenvalue weighted by Crippen LogP contribution is 2.49. The number of hydrogen-bond donors (Lipinski definition) is 0. The summed E-state index contributed by atoms with van der Waals surface area (Å²) in [5.41, 5.74) is 2.00. The number of fused-ring (bicyclic) bond motifs is 2. The van der Waals surface area contributed by atoms with Crippen molar-refractivity contribution in [3.05, 3.63) is 76.7 Å². The molecule has 0 saturated carbocycles. The largest absolute Gasteiger partial charge is 0.337 e. The minimum absolute atomic E-state index is 0.0270. The van der Waals surface area contributed by atoms with Gasteiger partial charge >= 0.3 is 0 Å². The second kappa shape index (κ2) is 7.28. The Morgan fingerprint density at radius 1 is 0.931 bits per heavy atom. The van der Waals surface area contributed by atoms with Crippen LogP contribution in [0.15, 0.2) is 86.6 Å². The van der Waals surface area contributed by atoms with E-state index < -0.39 is 0 Å². The fourth-order valence-electron chi connectivity index (χ4n) is 3.55. The molecule has 0 aromatic heterocycles. The van der Waals surface area contributed by atoms with Gasteiger partial charge in [-0.25, -0.2) is 4.99 Å². The highest BCUT2D eigenvalue weighted by molar-refractivity contribution is 8.19. The highest BCUT2D eigenvalue weighted by Gasteiger charge is 2.38. The summed E-state index contributed by atoms with van der Waals surface area (Å²) in [4.78, 5) is 23.8. The van der Waals surface area contributed by atoms with Crippen molar-refractivity contribution >= 4 is 56.7 Å². The van der Waals surface area contributed by atoms with E-state index in [2.05, 4.69) is 41.3 Å². The van der Waals surface area contributed by atoms with Crippen molar-refractivity contribution in [3.8, 4) is 0 Å². The number of amides is 1. The third-order valence-corrected chi connectivity index (χ3v) is 7.50. The number of para-hydroxylation sites is 1. The van der Waals surface area contributed by atoms with Crippen LogP contribution in [-0.4, -0.2) is 29.6 Å². The van der Waals surface area contributed by atoms with Crippen molar-refractivity contribution in [3.63, 3.8) is 0 Å². The van der Waals surface area contributed by atoms with Gasteiger partial charge in [-0.2, -0.15) is 0 Å². The molecule has 2 heterocycles. The lowest BCUT2D eigenvalue weighted by Crippen LogP contribution is -2.29. The summed E-state index contributed by atoms with van der Waals surface area (Å²) in [5.74, 6) is 0.0270. The number of anilines is 1. The Morgan fingerprint density at radius 3 is 2.48 bits per heavy atom. The van der Waals surface area contributed by atoms with Gasteiger partial charge in [-0.1, -0.05) is 54.2 Å². The molecular weight excluding hydrogens is 398 g/mol. The van der Waals surface area contributed by atoms with Crippen LogP contribution in [-0.2, 0) is 4.79 Å². The Labute approximate surface area is 178 Å². The Kier molecular flexibility index (Phi) is 4.60. The molecule has 0 spiro atoms. The van der Waals surface area contributed by atoms with Crippen molar-refractivity contribution in [2.24, 2.45) is 4.99 Å². The molecule has 0 N–H and O–H groups in total. The molecule has 4 nitrogen and oxygen atoms in total. The number of thioether (sulfide) groups is 2. The second-order valence-corrected chi connectivity index (χ2v) is 8.85. The third-order valence-electron chi connectivity index (χ3n) is 5.07. The van der Waals surface area contributed by atoms with Crippen molar-refractivity contribution in [1.29, 1.82) is 0 Å². The van der Waals surface area contributed by atoms with Crippen LogP contribution < -0.4 is 4.90 Å². The number of nitrogens with zero attached hydrogens (tertiary/aromatic N) is 3. The molecular formula is C23H19N3OS2. The van der Waals surface area contributed by atoms with Crippen LogP contribution in [0.1, 0.15) is 6.92 Å². The molecule has 0 radical (unpaired) electrons. The zero-order valence-electron chi connectivity index (χ0n) is 16.1. The maximum atomic E-state index is 13.2. The highest BCUT2D eigenvalue weighted by atomic mass is 32.2. The number of likely N-dealkylation sites (N-methyl/N-ethyl adjacent to an activating group) is 1. The fourth-order valence-corrected chi connectivity index (χ4v) is 5.96. The smallest absolute Gasteiger partial charge is 0.269 e. The molecule has 2 aliphatic heterocycles. The standard InChI is InChI=1S/C23H19N3OS2/c1-3-26-21(27)20(22-25(2)18-10-6-7-11-19(18)28-22)29-23(26)24-17-13-12-15-8-4-5-9-16(15)14-17/h4-14H,3H2,1-2H3. The van der Waals surface area contributed by atoms with Gasteiger partial charge in [0.05, 0.1) is 16.4 Å². The summed E-state index contributed by atoms with van der Waals surface area (Å²) >= 11 is 3.12. The number of amidine groups is 1. The maximum absolute atomic E-state index is 13.2. The van der Waals surface area contributed by atoms with E-state index >= 15 is 0 Å². The molecule has 3 aromatic carbocycles. The number of rotatable bonds is 2. The molecule has 0 bridgehead atoms. The van der Waals surface area contributed by atoms with Crippen LogP contribution in [0.2, 0.25) is 0 Å². The predicted molar refractivity (Wildman–Crippen MR) is 124 cm³/mol. The minimum Gasteiger partial charge on any atom is -0.337 e. The average Bonchev–Trinajstić information content (AvgIpc) is 3.24.